The fraction of sp³-hybridized carbons (Fsp3) is 0.857. The number of carboxylic acid groups (broad SMARTS) is 1. The van der Waals surface area contributed by atoms with E-state index in [1.807, 2.05) is 0 Å². The number of nitrogens with one attached hydrogen (secondary N) is 1. The van der Waals surface area contributed by atoms with Gasteiger partial charge in [-0.05, 0) is 31.6 Å². The molecule has 0 bridgehead atoms. The van der Waals surface area contributed by atoms with Gasteiger partial charge >= 0.3 is 12.0 Å². The molecule has 0 aromatic rings. The van der Waals surface area contributed by atoms with Crippen molar-refractivity contribution in [3.63, 3.8) is 0 Å². The highest BCUT2D eigenvalue weighted by molar-refractivity contribution is 5.83. The molecule has 2 fully saturated rings. The molecule has 2 rings (SSSR count). The van der Waals surface area contributed by atoms with Gasteiger partial charge in [0.15, 0.2) is 6.04 Å². The van der Waals surface area contributed by atoms with Crippen LogP contribution >= 0.6 is 0 Å². The fourth-order valence-corrected chi connectivity index (χ4v) is 3.40. The van der Waals surface area contributed by atoms with Crippen LogP contribution in [-0.2, 0) is 4.79 Å². The van der Waals surface area contributed by atoms with Gasteiger partial charge in [0.1, 0.15) is 0 Å². The van der Waals surface area contributed by atoms with Crippen molar-refractivity contribution < 1.29 is 19.8 Å². The van der Waals surface area contributed by atoms with Crippen LogP contribution in [0, 0.1) is 11.8 Å². The Morgan fingerprint density at radius 1 is 1.20 bits per heavy atom. The van der Waals surface area contributed by atoms with Crippen molar-refractivity contribution in [2.75, 3.05) is 13.1 Å². The minimum atomic E-state index is -1.24. The first kappa shape index (κ1) is 15.1. The van der Waals surface area contributed by atoms with Gasteiger partial charge in [0.25, 0.3) is 0 Å². The van der Waals surface area contributed by atoms with Crippen LogP contribution < -0.4 is 5.32 Å². The van der Waals surface area contributed by atoms with E-state index in [9.17, 15) is 14.7 Å². The largest absolute Gasteiger partial charge is 0.480 e. The number of piperidine rings is 1. The molecule has 0 aromatic heterocycles. The highest BCUT2D eigenvalue weighted by Crippen LogP contribution is 2.35. The molecule has 4 unspecified atom stereocenters. The molecule has 2 amide bonds. The molecule has 3 N–H and O–H groups in total. The number of urea groups is 1. The molecule has 1 saturated heterocycles. The van der Waals surface area contributed by atoms with Crippen LogP contribution in [0.5, 0.6) is 0 Å². The van der Waals surface area contributed by atoms with Gasteiger partial charge in [-0.2, -0.15) is 0 Å². The van der Waals surface area contributed by atoms with Crippen molar-refractivity contribution in [1.82, 2.24) is 10.2 Å². The molecular weight excluding hydrogens is 260 g/mol. The van der Waals surface area contributed by atoms with Gasteiger partial charge in [0, 0.05) is 13.1 Å². The molecule has 0 spiro atoms. The van der Waals surface area contributed by atoms with Crippen molar-refractivity contribution in [2.45, 2.75) is 51.2 Å². The number of carbonyl (C=O) groups is 2. The topological polar surface area (TPSA) is 89.9 Å². The molecule has 6 nitrogen and oxygen atoms in total. The van der Waals surface area contributed by atoms with E-state index in [0.717, 1.165) is 18.8 Å². The first-order valence-corrected chi connectivity index (χ1v) is 7.45. The summed E-state index contributed by atoms with van der Waals surface area (Å²) in [7, 11) is 0. The molecule has 4 atom stereocenters. The van der Waals surface area contributed by atoms with Gasteiger partial charge in [-0.15, -0.1) is 0 Å². The number of carbonyl (C=O) groups excluding carboxylic acids is 1. The smallest absolute Gasteiger partial charge is 0.328 e. The number of rotatable bonds is 3. The van der Waals surface area contributed by atoms with E-state index in [1.165, 1.54) is 26.2 Å². The lowest BCUT2D eigenvalue weighted by Crippen LogP contribution is -2.55. The zero-order valence-electron chi connectivity index (χ0n) is 11.9. The van der Waals surface area contributed by atoms with Gasteiger partial charge < -0.3 is 20.4 Å². The number of aliphatic hydroxyl groups is 1. The minimum Gasteiger partial charge on any atom is -0.480 e. The number of carboxylic acids is 1. The highest BCUT2D eigenvalue weighted by atomic mass is 16.4. The highest BCUT2D eigenvalue weighted by Gasteiger charge is 2.34. The maximum absolute atomic E-state index is 12.1. The Kier molecular flexibility index (Phi) is 4.86. The van der Waals surface area contributed by atoms with Crippen LogP contribution in [0.4, 0.5) is 4.79 Å². The van der Waals surface area contributed by atoms with Crippen LogP contribution in [0.3, 0.4) is 0 Å². The first-order valence-electron chi connectivity index (χ1n) is 7.45. The number of aliphatic hydroxyl groups excluding tert-OH is 1. The number of likely N-dealkylation sites (tertiary alicyclic amines) is 1. The zero-order valence-corrected chi connectivity index (χ0v) is 11.9. The fourth-order valence-electron chi connectivity index (χ4n) is 3.40. The van der Waals surface area contributed by atoms with Crippen molar-refractivity contribution in [3.8, 4) is 0 Å². The molecule has 1 saturated carbocycles. The lowest BCUT2D eigenvalue weighted by atomic mass is 9.75. The Hall–Kier alpha value is -1.30. The van der Waals surface area contributed by atoms with Crippen LogP contribution in [-0.4, -0.2) is 52.3 Å². The van der Waals surface area contributed by atoms with Crippen molar-refractivity contribution in [1.29, 1.82) is 0 Å². The molecule has 114 valence electrons. The molecule has 0 radical (unpaired) electrons. The summed E-state index contributed by atoms with van der Waals surface area (Å²) >= 11 is 0. The molecule has 1 aliphatic heterocycles. The zero-order chi connectivity index (χ0) is 14.7. The average molecular weight is 284 g/mol. The summed E-state index contributed by atoms with van der Waals surface area (Å²) in [5, 5.41) is 20.8. The van der Waals surface area contributed by atoms with E-state index in [2.05, 4.69) is 5.32 Å². The molecule has 1 heterocycles. The first-order chi connectivity index (χ1) is 9.49. The van der Waals surface area contributed by atoms with Crippen LogP contribution in [0.2, 0.25) is 0 Å². The van der Waals surface area contributed by atoms with E-state index >= 15 is 0 Å². The van der Waals surface area contributed by atoms with Crippen LogP contribution in [0.25, 0.3) is 0 Å². The summed E-state index contributed by atoms with van der Waals surface area (Å²) in [6, 6.07) is -1.62. The monoisotopic (exact) mass is 284 g/mol. The van der Waals surface area contributed by atoms with Gasteiger partial charge in [0.05, 0.1) is 6.10 Å². The maximum atomic E-state index is 12.1. The minimum absolute atomic E-state index is 0.373. The third kappa shape index (κ3) is 3.42. The second-order valence-electron chi connectivity index (χ2n) is 6.05. The van der Waals surface area contributed by atoms with Crippen molar-refractivity contribution >= 4 is 12.0 Å². The Bertz CT molecular complexity index is 372. The second-order valence-corrected chi connectivity index (χ2v) is 6.05. The average Bonchev–Trinajstić information content (AvgIpc) is 2.43. The van der Waals surface area contributed by atoms with Gasteiger partial charge in [-0.1, -0.05) is 19.3 Å². The predicted molar refractivity (Wildman–Crippen MR) is 73.3 cm³/mol. The van der Waals surface area contributed by atoms with E-state index in [0.29, 0.717) is 19.0 Å². The van der Waals surface area contributed by atoms with E-state index in [4.69, 9.17) is 5.11 Å². The summed E-state index contributed by atoms with van der Waals surface area (Å²) in [6.07, 6.45) is 4.82. The summed E-state index contributed by atoms with van der Waals surface area (Å²) < 4.78 is 0. The van der Waals surface area contributed by atoms with Crippen molar-refractivity contribution in [2.24, 2.45) is 11.8 Å². The van der Waals surface area contributed by atoms with Crippen molar-refractivity contribution in [3.05, 3.63) is 0 Å². The third-order valence-electron chi connectivity index (χ3n) is 4.61. The predicted octanol–water partition coefficient (Wildman–Crippen LogP) is 1.04. The van der Waals surface area contributed by atoms with Gasteiger partial charge in [0.2, 0.25) is 0 Å². The number of hydrogen-bond acceptors (Lipinski definition) is 3. The van der Waals surface area contributed by atoms with Crippen LogP contribution in [0.1, 0.15) is 39.0 Å². The Morgan fingerprint density at radius 3 is 2.45 bits per heavy atom. The molecule has 6 heteroatoms. The van der Waals surface area contributed by atoms with E-state index in [-0.39, 0.29) is 6.03 Å². The van der Waals surface area contributed by atoms with Gasteiger partial charge in [-0.25, -0.2) is 9.59 Å². The molecule has 2 aliphatic rings. The van der Waals surface area contributed by atoms with Crippen LogP contribution in [0.15, 0.2) is 0 Å². The lowest BCUT2D eigenvalue weighted by Gasteiger charge is -2.41. The Balaban J connectivity index is 1.91. The number of fused-ring (bicyclic) bond motifs is 1. The number of aliphatic carboxylic acids is 1. The van der Waals surface area contributed by atoms with E-state index in [1.54, 1.807) is 4.90 Å². The quantitative estimate of drug-likeness (QED) is 0.722. The molecule has 1 aliphatic carbocycles. The lowest BCUT2D eigenvalue weighted by molar-refractivity contribution is -0.141. The number of nitrogens with zero attached hydrogens (tertiary/aromatic N) is 1. The number of amides is 2. The Labute approximate surface area is 119 Å². The summed E-state index contributed by atoms with van der Waals surface area (Å²) in [6.45, 7) is 2.76. The molecule has 0 aromatic carbocycles. The normalized spacial score (nSPS) is 29.2. The third-order valence-corrected chi connectivity index (χ3v) is 4.61. The second kappa shape index (κ2) is 6.43. The van der Waals surface area contributed by atoms with E-state index < -0.39 is 18.1 Å². The summed E-state index contributed by atoms with van der Waals surface area (Å²) in [4.78, 5) is 24.8. The summed E-state index contributed by atoms with van der Waals surface area (Å²) in [5.41, 5.74) is 0. The Morgan fingerprint density at radius 2 is 1.85 bits per heavy atom. The SMILES string of the molecule is CC(O)C(NC(=O)N1CCC2CCCCC2C1)C(=O)O. The standard InChI is InChI=1S/C14H24N2O4/c1-9(17)12(13(18)19)15-14(20)16-7-6-10-4-2-3-5-11(10)8-16/h9-12,17H,2-8H2,1H3,(H,15,20)(H,18,19). The molecular formula is C14H24N2O4. The summed E-state index contributed by atoms with van der Waals surface area (Å²) in [5.74, 6) is 0.0683. The number of hydrogen-bond donors (Lipinski definition) is 3. The molecule has 20 heavy (non-hydrogen) atoms. The van der Waals surface area contributed by atoms with Gasteiger partial charge in [-0.3, -0.25) is 0 Å². The maximum Gasteiger partial charge on any atom is 0.328 e.